The molecular formula is C24H29N3O3. The second-order valence-corrected chi connectivity index (χ2v) is 8.54. The highest BCUT2D eigenvalue weighted by atomic mass is 16.5. The van der Waals surface area contributed by atoms with Crippen LogP contribution in [0, 0.1) is 12.8 Å². The van der Waals surface area contributed by atoms with Crippen LogP contribution < -0.4 is 5.32 Å². The van der Waals surface area contributed by atoms with Crippen molar-refractivity contribution >= 4 is 11.8 Å². The SMILES string of the molecule is Cc1ccccc1C(=O)N1[C@H](C(=O)NCc2ccncc2)CO[C@@]12CCC[C@H](C)C2. The van der Waals surface area contributed by atoms with E-state index in [0.29, 0.717) is 18.0 Å². The number of ether oxygens (including phenoxy) is 1. The molecule has 2 heterocycles. The maximum atomic E-state index is 13.7. The molecule has 2 aliphatic rings. The number of hydrogen-bond donors (Lipinski definition) is 1. The summed E-state index contributed by atoms with van der Waals surface area (Å²) in [7, 11) is 0. The summed E-state index contributed by atoms with van der Waals surface area (Å²) >= 11 is 0. The maximum absolute atomic E-state index is 13.7. The van der Waals surface area contributed by atoms with Gasteiger partial charge in [0.25, 0.3) is 5.91 Å². The predicted molar refractivity (Wildman–Crippen MR) is 114 cm³/mol. The zero-order valence-corrected chi connectivity index (χ0v) is 17.6. The molecule has 1 aliphatic carbocycles. The van der Waals surface area contributed by atoms with Crippen molar-refractivity contribution in [2.75, 3.05) is 6.61 Å². The minimum atomic E-state index is -0.699. The molecule has 0 radical (unpaired) electrons. The lowest BCUT2D eigenvalue weighted by Gasteiger charge is -2.43. The zero-order valence-electron chi connectivity index (χ0n) is 17.6. The van der Waals surface area contributed by atoms with E-state index in [1.807, 2.05) is 43.3 Å². The van der Waals surface area contributed by atoms with Gasteiger partial charge in [-0.25, -0.2) is 0 Å². The molecule has 2 fully saturated rings. The molecule has 2 aromatic rings. The normalized spacial score (nSPS) is 26.0. The smallest absolute Gasteiger partial charge is 0.257 e. The third-order valence-corrected chi connectivity index (χ3v) is 6.31. The summed E-state index contributed by atoms with van der Waals surface area (Å²) in [6.07, 6.45) is 7.04. The van der Waals surface area contributed by atoms with Crippen molar-refractivity contribution in [1.82, 2.24) is 15.2 Å². The number of aryl methyl sites for hydroxylation is 1. The van der Waals surface area contributed by atoms with E-state index in [9.17, 15) is 9.59 Å². The van der Waals surface area contributed by atoms with Crippen LogP contribution in [0.1, 0.15) is 54.1 Å². The lowest BCUT2D eigenvalue weighted by Crippen LogP contribution is -2.57. The Kier molecular flexibility index (Phi) is 5.86. The van der Waals surface area contributed by atoms with Gasteiger partial charge in [-0.05, 0) is 61.4 Å². The third kappa shape index (κ3) is 3.97. The van der Waals surface area contributed by atoms with E-state index in [1.165, 1.54) is 0 Å². The Bertz CT molecular complexity index is 917. The van der Waals surface area contributed by atoms with Gasteiger partial charge in [-0.3, -0.25) is 19.5 Å². The summed E-state index contributed by atoms with van der Waals surface area (Å²) in [6, 6.07) is 10.7. The minimum absolute atomic E-state index is 0.122. The van der Waals surface area contributed by atoms with Crippen LogP contribution in [0.2, 0.25) is 0 Å². The molecule has 0 unspecified atom stereocenters. The Morgan fingerprint density at radius 1 is 1.23 bits per heavy atom. The molecule has 2 amide bonds. The quantitative estimate of drug-likeness (QED) is 0.843. The van der Waals surface area contributed by atoms with Crippen molar-refractivity contribution in [3.05, 3.63) is 65.5 Å². The first-order valence-corrected chi connectivity index (χ1v) is 10.7. The first-order valence-electron chi connectivity index (χ1n) is 10.7. The van der Waals surface area contributed by atoms with Gasteiger partial charge in [-0.2, -0.15) is 0 Å². The van der Waals surface area contributed by atoms with E-state index >= 15 is 0 Å². The number of amides is 2. The van der Waals surface area contributed by atoms with Crippen molar-refractivity contribution in [1.29, 1.82) is 0 Å². The molecule has 1 aliphatic heterocycles. The van der Waals surface area contributed by atoms with Gasteiger partial charge in [0, 0.05) is 24.5 Å². The largest absolute Gasteiger partial charge is 0.353 e. The van der Waals surface area contributed by atoms with Crippen molar-refractivity contribution in [3.8, 4) is 0 Å². The topological polar surface area (TPSA) is 71.5 Å². The van der Waals surface area contributed by atoms with Gasteiger partial charge in [-0.15, -0.1) is 0 Å². The Morgan fingerprint density at radius 3 is 2.73 bits per heavy atom. The molecule has 6 heteroatoms. The summed E-state index contributed by atoms with van der Waals surface area (Å²) in [6.45, 7) is 4.75. The Balaban J connectivity index is 1.61. The molecule has 1 saturated heterocycles. The second-order valence-electron chi connectivity index (χ2n) is 8.54. The molecule has 1 aromatic heterocycles. The van der Waals surface area contributed by atoms with E-state index in [4.69, 9.17) is 4.74 Å². The van der Waals surface area contributed by atoms with E-state index < -0.39 is 11.8 Å². The molecule has 1 spiro atoms. The van der Waals surface area contributed by atoms with Crippen LogP contribution in [0.15, 0.2) is 48.8 Å². The summed E-state index contributed by atoms with van der Waals surface area (Å²) in [5.74, 6) is 0.150. The molecule has 0 bridgehead atoms. The monoisotopic (exact) mass is 407 g/mol. The van der Waals surface area contributed by atoms with Gasteiger partial charge in [0.1, 0.15) is 11.8 Å². The van der Waals surface area contributed by atoms with Crippen molar-refractivity contribution in [2.45, 2.75) is 57.8 Å². The summed E-state index contributed by atoms with van der Waals surface area (Å²) in [4.78, 5) is 32.6. The molecule has 1 aromatic carbocycles. The summed E-state index contributed by atoms with van der Waals surface area (Å²) in [5.41, 5.74) is 1.81. The Hall–Kier alpha value is -2.73. The first-order chi connectivity index (χ1) is 14.5. The average molecular weight is 408 g/mol. The van der Waals surface area contributed by atoms with Crippen LogP contribution in [0.4, 0.5) is 0 Å². The molecule has 158 valence electrons. The van der Waals surface area contributed by atoms with Crippen LogP contribution in [0.5, 0.6) is 0 Å². The molecule has 4 rings (SSSR count). The number of carbonyl (C=O) groups excluding carboxylic acids is 2. The lowest BCUT2D eigenvalue weighted by molar-refractivity contribution is -0.128. The van der Waals surface area contributed by atoms with Gasteiger partial charge in [0.2, 0.25) is 5.91 Å². The zero-order chi connectivity index (χ0) is 21.1. The highest BCUT2D eigenvalue weighted by Crippen LogP contribution is 2.43. The van der Waals surface area contributed by atoms with Crippen LogP contribution in [0.3, 0.4) is 0 Å². The van der Waals surface area contributed by atoms with Crippen molar-refractivity contribution in [2.24, 2.45) is 5.92 Å². The number of nitrogens with zero attached hydrogens (tertiary/aromatic N) is 2. The van der Waals surface area contributed by atoms with Crippen LogP contribution >= 0.6 is 0 Å². The number of benzene rings is 1. The average Bonchev–Trinajstić information content (AvgIpc) is 3.10. The number of hydrogen-bond acceptors (Lipinski definition) is 4. The van der Waals surface area contributed by atoms with Crippen LogP contribution in [-0.2, 0) is 16.1 Å². The fraction of sp³-hybridized carbons (Fsp3) is 0.458. The lowest BCUT2D eigenvalue weighted by atomic mass is 9.82. The van der Waals surface area contributed by atoms with E-state index in [-0.39, 0.29) is 18.4 Å². The molecule has 30 heavy (non-hydrogen) atoms. The van der Waals surface area contributed by atoms with Crippen LogP contribution in [0.25, 0.3) is 0 Å². The van der Waals surface area contributed by atoms with Crippen molar-refractivity contribution in [3.63, 3.8) is 0 Å². The minimum Gasteiger partial charge on any atom is -0.353 e. The maximum Gasteiger partial charge on any atom is 0.257 e. The van der Waals surface area contributed by atoms with E-state index in [1.54, 1.807) is 17.3 Å². The highest BCUT2D eigenvalue weighted by molar-refractivity contribution is 5.99. The molecule has 3 atom stereocenters. The third-order valence-electron chi connectivity index (χ3n) is 6.31. The number of pyridine rings is 1. The van der Waals surface area contributed by atoms with E-state index in [0.717, 1.165) is 36.8 Å². The molecule has 1 saturated carbocycles. The first kappa shape index (κ1) is 20.5. The number of aromatic nitrogens is 1. The number of carbonyl (C=O) groups is 2. The number of rotatable bonds is 4. The molecule has 1 N–H and O–H groups in total. The summed E-state index contributed by atoms with van der Waals surface area (Å²) in [5, 5.41) is 2.98. The van der Waals surface area contributed by atoms with Gasteiger partial charge >= 0.3 is 0 Å². The molecular weight excluding hydrogens is 378 g/mol. The fourth-order valence-electron chi connectivity index (χ4n) is 4.76. The summed E-state index contributed by atoms with van der Waals surface area (Å²) < 4.78 is 6.27. The standard InChI is InChI=1S/C24H29N3O3/c1-17-6-5-11-24(14-17)27(23(29)20-8-4-3-7-18(20)2)21(16-30-24)22(28)26-15-19-9-12-25-13-10-19/h3-4,7-10,12-13,17,21H,5-6,11,14-16H2,1-2H3,(H,26,28)/t17-,21-,24+/m0/s1. The fourth-order valence-corrected chi connectivity index (χ4v) is 4.76. The second kappa shape index (κ2) is 8.56. The predicted octanol–water partition coefficient (Wildman–Crippen LogP) is 3.45. The van der Waals surface area contributed by atoms with Crippen LogP contribution in [-0.4, -0.2) is 40.1 Å². The Morgan fingerprint density at radius 2 is 2.00 bits per heavy atom. The molecule has 6 nitrogen and oxygen atoms in total. The van der Waals surface area contributed by atoms with Crippen molar-refractivity contribution < 1.29 is 14.3 Å². The van der Waals surface area contributed by atoms with E-state index in [2.05, 4.69) is 17.2 Å². The number of nitrogens with one attached hydrogen (secondary N) is 1. The highest BCUT2D eigenvalue weighted by Gasteiger charge is 2.54. The van der Waals surface area contributed by atoms with Gasteiger partial charge < -0.3 is 10.1 Å². The van der Waals surface area contributed by atoms with Gasteiger partial charge in [0.15, 0.2) is 0 Å². The van der Waals surface area contributed by atoms with Gasteiger partial charge in [-0.1, -0.05) is 31.5 Å². The Labute approximate surface area is 177 Å². The van der Waals surface area contributed by atoms with Gasteiger partial charge in [0.05, 0.1) is 6.61 Å².